The molecule has 0 saturated carbocycles. The Balaban J connectivity index is 1.49. The van der Waals surface area contributed by atoms with Crippen LogP contribution >= 0.6 is 11.8 Å². The van der Waals surface area contributed by atoms with Crippen LogP contribution in [0.15, 0.2) is 53.5 Å². The summed E-state index contributed by atoms with van der Waals surface area (Å²) in [6.45, 7) is 4.91. The maximum absolute atomic E-state index is 13.0. The minimum Gasteiger partial charge on any atom is -0.291 e. The Morgan fingerprint density at radius 3 is 2.35 bits per heavy atom. The first-order chi connectivity index (χ1) is 15.0. The fourth-order valence-corrected chi connectivity index (χ4v) is 4.82. The van der Waals surface area contributed by atoms with Gasteiger partial charge in [0.05, 0.1) is 16.8 Å². The number of nitrogens with zero attached hydrogens (tertiary/aromatic N) is 3. The Morgan fingerprint density at radius 1 is 1.03 bits per heavy atom. The average Bonchev–Trinajstić information content (AvgIpc) is 3.03. The number of rotatable bonds is 5. The van der Waals surface area contributed by atoms with Crippen molar-refractivity contribution in [3.05, 3.63) is 65.2 Å². The van der Waals surface area contributed by atoms with Crippen LogP contribution < -0.4 is 0 Å². The first-order valence-electron chi connectivity index (χ1n) is 10.5. The summed E-state index contributed by atoms with van der Waals surface area (Å²) in [5.74, 6) is 0.448. The molecule has 0 spiro atoms. The number of hydrogen-bond acceptors (Lipinski definition) is 5. The predicted molar refractivity (Wildman–Crippen MR) is 123 cm³/mol. The van der Waals surface area contributed by atoms with E-state index in [0.29, 0.717) is 28.8 Å². The van der Waals surface area contributed by atoms with Gasteiger partial charge in [0.1, 0.15) is 0 Å². The minimum absolute atomic E-state index is 0.0716. The summed E-state index contributed by atoms with van der Waals surface area (Å²) in [5.41, 5.74) is 2.82. The van der Waals surface area contributed by atoms with E-state index in [0.717, 1.165) is 23.4 Å². The van der Waals surface area contributed by atoms with Gasteiger partial charge in [0, 0.05) is 25.3 Å². The predicted octanol–water partition coefficient (Wildman–Crippen LogP) is 4.45. The van der Waals surface area contributed by atoms with Crippen molar-refractivity contribution in [3.63, 3.8) is 0 Å². The fraction of sp³-hybridized carbons (Fsp3) is 0.333. The molecule has 0 N–H and O–H groups in total. The highest BCUT2D eigenvalue weighted by Crippen LogP contribution is 2.30. The van der Waals surface area contributed by atoms with E-state index in [1.54, 1.807) is 40.9 Å². The Labute approximate surface area is 186 Å². The van der Waals surface area contributed by atoms with Gasteiger partial charge in [-0.3, -0.25) is 24.2 Å². The van der Waals surface area contributed by atoms with Gasteiger partial charge in [-0.2, -0.15) is 0 Å². The standard InChI is InChI=1S/C24H25N3O3S/c1-16(2)17-8-5-6-11-20(17)25-24-26(13-7-15-31-24)21(28)12-14-27-22(29)18-9-3-4-10-19(18)23(27)30/h3-6,8-11,16H,7,12-15H2,1-2H3. The molecule has 0 unspecified atom stereocenters. The molecule has 2 aliphatic rings. The number of amides is 3. The lowest BCUT2D eigenvalue weighted by Crippen LogP contribution is -2.41. The van der Waals surface area contributed by atoms with Crippen molar-refractivity contribution >= 4 is 40.3 Å². The summed E-state index contributed by atoms with van der Waals surface area (Å²) in [5, 5.41) is 0.687. The summed E-state index contributed by atoms with van der Waals surface area (Å²) >= 11 is 1.57. The molecule has 2 heterocycles. The third kappa shape index (κ3) is 4.28. The average molecular weight is 436 g/mol. The van der Waals surface area contributed by atoms with Crippen LogP contribution in [0.2, 0.25) is 0 Å². The molecule has 2 aliphatic heterocycles. The number of fused-ring (bicyclic) bond motifs is 1. The van der Waals surface area contributed by atoms with Crippen LogP contribution in [0, 0.1) is 0 Å². The van der Waals surface area contributed by atoms with Gasteiger partial charge < -0.3 is 0 Å². The first kappa shape index (κ1) is 21.3. The molecule has 7 heteroatoms. The lowest BCUT2D eigenvalue weighted by atomic mass is 10.0. The smallest absolute Gasteiger partial charge is 0.261 e. The molecule has 160 valence electrons. The number of para-hydroxylation sites is 1. The molecule has 0 atom stereocenters. The maximum atomic E-state index is 13.0. The molecular weight excluding hydrogens is 410 g/mol. The number of amidine groups is 1. The highest BCUT2D eigenvalue weighted by atomic mass is 32.2. The molecule has 31 heavy (non-hydrogen) atoms. The highest BCUT2D eigenvalue weighted by Gasteiger charge is 2.35. The molecule has 1 fully saturated rings. The van der Waals surface area contributed by atoms with Crippen molar-refractivity contribution in [1.29, 1.82) is 0 Å². The Morgan fingerprint density at radius 2 is 1.68 bits per heavy atom. The van der Waals surface area contributed by atoms with Gasteiger partial charge in [0.2, 0.25) is 5.91 Å². The second-order valence-corrected chi connectivity index (χ2v) is 8.97. The summed E-state index contributed by atoms with van der Waals surface area (Å²) < 4.78 is 0. The number of thioether (sulfide) groups is 1. The third-order valence-electron chi connectivity index (χ3n) is 5.49. The summed E-state index contributed by atoms with van der Waals surface area (Å²) in [4.78, 5) is 45.8. The topological polar surface area (TPSA) is 70.1 Å². The molecule has 0 radical (unpaired) electrons. The van der Waals surface area contributed by atoms with Gasteiger partial charge in [-0.15, -0.1) is 0 Å². The number of carbonyl (C=O) groups is 3. The zero-order valence-electron chi connectivity index (χ0n) is 17.7. The lowest BCUT2D eigenvalue weighted by Gasteiger charge is -2.28. The van der Waals surface area contributed by atoms with E-state index in [1.165, 1.54) is 4.90 Å². The van der Waals surface area contributed by atoms with Crippen LogP contribution in [0.3, 0.4) is 0 Å². The monoisotopic (exact) mass is 435 g/mol. The zero-order chi connectivity index (χ0) is 22.0. The van der Waals surface area contributed by atoms with E-state index in [1.807, 2.05) is 18.2 Å². The van der Waals surface area contributed by atoms with Crippen molar-refractivity contribution in [2.24, 2.45) is 4.99 Å². The molecule has 0 bridgehead atoms. The fourth-order valence-electron chi connectivity index (χ4n) is 3.85. The van der Waals surface area contributed by atoms with E-state index in [-0.39, 0.29) is 30.7 Å². The molecule has 1 saturated heterocycles. The van der Waals surface area contributed by atoms with E-state index in [4.69, 9.17) is 4.99 Å². The van der Waals surface area contributed by atoms with E-state index in [9.17, 15) is 14.4 Å². The molecule has 3 amide bonds. The molecule has 2 aromatic rings. The number of aliphatic imine (C=N–C) groups is 1. The van der Waals surface area contributed by atoms with Crippen LogP contribution in [0.25, 0.3) is 0 Å². The van der Waals surface area contributed by atoms with Gasteiger partial charge in [0.25, 0.3) is 11.8 Å². The maximum Gasteiger partial charge on any atom is 0.261 e. The summed E-state index contributed by atoms with van der Waals surface area (Å²) in [7, 11) is 0. The SMILES string of the molecule is CC(C)c1ccccc1N=C1SCCCN1C(=O)CCN1C(=O)c2ccccc2C1=O. The van der Waals surface area contributed by atoms with E-state index in [2.05, 4.69) is 19.9 Å². The van der Waals surface area contributed by atoms with Gasteiger partial charge in [-0.05, 0) is 36.1 Å². The van der Waals surface area contributed by atoms with Crippen molar-refractivity contribution in [2.75, 3.05) is 18.8 Å². The van der Waals surface area contributed by atoms with Gasteiger partial charge in [-0.1, -0.05) is 55.9 Å². The van der Waals surface area contributed by atoms with Gasteiger partial charge >= 0.3 is 0 Å². The zero-order valence-corrected chi connectivity index (χ0v) is 18.5. The van der Waals surface area contributed by atoms with Crippen molar-refractivity contribution < 1.29 is 14.4 Å². The van der Waals surface area contributed by atoms with Crippen molar-refractivity contribution in [3.8, 4) is 0 Å². The van der Waals surface area contributed by atoms with Crippen LogP contribution in [0.1, 0.15) is 58.9 Å². The Kier molecular flexibility index (Phi) is 6.23. The second kappa shape index (κ2) is 9.06. The Bertz CT molecular complexity index is 1030. The third-order valence-corrected chi connectivity index (χ3v) is 6.55. The molecule has 0 aliphatic carbocycles. The summed E-state index contributed by atoms with van der Waals surface area (Å²) in [6, 6.07) is 14.8. The quantitative estimate of drug-likeness (QED) is 0.651. The van der Waals surface area contributed by atoms with Crippen LogP contribution in [0.5, 0.6) is 0 Å². The highest BCUT2D eigenvalue weighted by molar-refractivity contribution is 8.13. The molecule has 4 rings (SSSR count). The normalized spacial score (nSPS) is 17.6. The molecule has 0 aromatic heterocycles. The first-order valence-corrected chi connectivity index (χ1v) is 11.5. The van der Waals surface area contributed by atoms with E-state index >= 15 is 0 Å². The molecule has 6 nitrogen and oxygen atoms in total. The van der Waals surface area contributed by atoms with Gasteiger partial charge in [-0.25, -0.2) is 4.99 Å². The minimum atomic E-state index is -0.332. The van der Waals surface area contributed by atoms with Crippen LogP contribution in [0.4, 0.5) is 5.69 Å². The Hall–Kier alpha value is -2.93. The molecule has 2 aromatic carbocycles. The van der Waals surface area contributed by atoms with Crippen molar-refractivity contribution in [1.82, 2.24) is 9.80 Å². The largest absolute Gasteiger partial charge is 0.291 e. The summed E-state index contributed by atoms with van der Waals surface area (Å²) in [6.07, 6.45) is 0.963. The number of carbonyl (C=O) groups excluding carboxylic acids is 3. The van der Waals surface area contributed by atoms with Crippen LogP contribution in [-0.2, 0) is 4.79 Å². The second-order valence-electron chi connectivity index (χ2n) is 7.91. The van der Waals surface area contributed by atoms with Gasteiger partial charge in [0.15, 0.2) is 5.17 Å². The number of hydrogen-bond donors (Lipinski definition) is 0. The van der Waals surface area contributed by atoms with Crippen molar-refractivity contribution in [2.45, 2.75) is 32.6 Å². The van der Waals surface area contributed by atoms with Crippen LogP contribution in [-0.4, -0.2) is 51.5 Å². The van der Waals surface area contributed by atoms with E-state index < -0.39 is 0 Å². The molecular formula is C24H25N3O3S. The number of benzene rings is 2. The lowest BCUT2D eigenvalue weighted by molar-refractivity contribution is -0.127. The number of imide groups is 1.